The number of nitrogen functional groups attached to an aromatic ring is 1. The fourth-order valence-corrected chi connectivity index (χ4v) is 1.47. The van der Waals surface area contributed by atoms with Gasteiger partial charge in [0.25, 0.3) is 0 Å². The van der Waals surface area contributed by atoms with Crippen molar-refractivity contribution in [1.82, 2.24) is 19.7 Å². The van der Waals surface area contributed by atoms with Crippen LogP contribution < -0.4 is 11.1 Å². The Morgan fingerprint density at radius 2 is 2.31 bits per heavy atom. The number of aromatic nitrogens is 4. The third kappa shape index (κ3) is 1.95. The van der Waals surface area contributed by atoms with Crippen LogP contribution in [0.25, 0.3) is 0 Å². The summed E-state index contributed by atoms with van der Waals surface area (Å²) in [5.74, 6) is 0.609. The van der Waals surface area contributed by atoms with Crippen molar-refractivity contribution in [2.45, 2.75) is 13.3 Å². The van der Waals surface area contributed by atoms with Crippen LogP contribution in [0.1, 0.15) is 12.6 Å². The van der Waals surface area contributed by atoms with Gasteiger partial charge < -0.3 is 11.1 Å². The molecule has 0 amide bonds. The number of hydrogen-bond acceptors (Lipinski definition) is 5. The van der Waals surface area contributed by atoms with Gasteiger partial charge in [-0.05, 0) is 6.42 Å². The van der Waals surface area contributed by atoms with Crippen LogP contribution in [0.15, 0.2) is 18.7 Å². The van der Waals surface area contributed by atoms with Gasteiger partial charge in [-0.2, -0.15) is 5.10 Å². The molecule has 6 heteroatoms. The first kappa shape index (κ1) is 10.4. The molecular formula is C10H14N6. The van der Waals surface area contributed by atoms with Crippen LogP contribution in [-0.2, 0) is 13.5 Å². The molecule has 2 aromatic rings. The van der Waals surface area contributed by atoms with E-state index in [1.165, 1.54) is 6.33 Å². The van der Waals surface area contributed by atoms with Crippen molar-refractivity contribution in [1.29, 1.82) is 0 Å². The van der Waals surface area contributed by atoms with Crippen molar-refractivity contribution in [3.63, 3.8) is 0 Å². The van der Waals surface area contributed by atoms with E-state index in [9.17, 15) is 0 Å². The second-order valence-electron chi connectivity index (χ2n) is 3.47. The summed E-state index contributed by atoms with van der Waals surface area (Å²) >= 11 is 0. The molecule has 0 spiro atoms. The van der Waals surface area contributed by atoms with Gasteiger partial charge in [0.05, 0.1) is 23.3 Å². The first-order chi connectivity index (χ1) is 7.70. The molecule has 2 heterocycles. The van der Waals surface area contributed by atoms with Crippen LogP contribution in [0.2, 0.25) is 0 Å². The maximum absolute atomic E-state index is 5.75. The molecule has 0 aliphatic rings. The smallest absolute Gasteiger partial charge is 0.157 e. The predicted octanol–water partition coefficient (Wildman–Crippen LogP) is 1.10. The normalized spacial score (nSPS) is 10.4. The number of rotatable bonds is 3. The molecule has 6 nitrogen and oxygen atoms in total. The molecule has 2 aromatic heterocycles. The van der Waals surface area contributed by atoms with Crippen molar-refractivity contribution >= 4 is 17.2 Å². The molecule has 0 fully saturated rings. The van der Waals surface area contributed by atoms with Gasteiger partial charge in [0.1, 0.15) is 6.33 Å². The lowest BCUT2D eigenvalue weighted by molar-refractivity contribution is 0.746. The minimum absolute atomic E-state index is 0.522. The van der Waals surface area contributed by atoms with Gasteiger partial charge in [-0.3, -0.25) is 4.68 Å². The highest BCUT2D eigenvalue weighted by atomic mass is 15.3. The Morgan fingerprint density at radius 3 is 3.00 bits per heavy atom. The molecule has 0 bridgehead atoms. The molecule has 2 rings (SSSR count). The number of nitrogens with one attached hydrogen (secondary N) is 1. The van der Waals surface area contributed by atoms with E-state index in [1.807, 2.05) is 13.2 Å². The van der Waals surface area contributed by atoms with Gasteiger partial charge in [-0.15, -0.1) is 0 Å². The second kappa shape index (κ2) is 4.18. The summed E-state index contributed by atoms with van der Waals surface area (Å²) in [6.07, 6.45) is 5.78. The van der Waals surface area contributed by atoms with Crippen LogP contribution in [0, 0.1) is 0 Å². The van der Waals surface area contributed by atoms with Gasteiger partial charge in [0.2, 0.25) is 0 Å². The first-order valence-corrected chi connectivity index (χ1v) is 5.05. The Balaban J connectivity index is 2.30. The molecule has 16 heavy (non-hydrogen) atoms. The van der Waals surface area contributed by atoms with Crippen molar-refractivity contribution in [3.05, 3.63) is 24.4 Å². The summed E-state index contributed by atoms with van der Waals surface area (Å²) in [6.45, 7) is 2.05. The zero-order chi connectivity index (χ0) is 11.5. The molecular weight excluding hydrogens is 204 g/mol. The molecule has 0 saturated heterocycles. The van der Waals surface area contributed by atoms with Gasteiger partial charge in [0.15, 0.2) is 5.82 Å². The van der Waals surface area contributed by atoms with Crippen LogP contribution in [-0.4, -0.2) is 19.7 Å². The number of hydrogen-bond donors (Lipinski definition) is 2. The molecule has 0 radical (unpaired) electrons. The summed E-state index contributed by atoms with van der Waals surface area (Å²) in [4.78, 5) is 7.91. The SMILES string of the molecule is CCc1nn(C)cc1Nc1ncncc1N. The average Bonchev–Trinajstić information content (AvgIpc) is 2.62. The molecule has 0 aliphatic carbocycles. The number of anilines is 3. The van der Waals surface area contributed by atoms with Crippen LogP contribution in [0.4, 0.5) is 17.2 Å². The third-order valence-corrected chi connectivity index (χ3v) is 2.23. The Labute approximate surface area is 93.5 Å². The van der Waals surface area contributed by atoms with Crippen LogP contribution in [0.5, 0.6) is 0 Å². The topological polar surface area (TPSA) is 81.7 Å². The molecule has 3 N–H and O–H groups in total. The van der Waals surface area contributed by atoms with E-state index in [2.05, 4.69) is 27.3 Å². The average molecular weight is 218 g/mol. The minimum Gasteiger partial charge on any atom is -0.394 e. The maximum Gasteiger partial charge on any atom is 0.157 e. The van der Waals surface area contributed by atoms with E-state index in [4.69, 9.17) is 5.73 Å². The van der Waals surface area contributed by atoms with E-state index in [0.29, 0.717) is 11.5 Å². The zero-order valence-corrected chi connectivity index (χ0v) is 9.31. The lowest BCUT2D eigenvalue weighted by Gasteiger charge is -2.05. The number of aryl methyl sites for hydroxylation is 2. The quantitative estimate of drug-likeness (QED) is 0.806. The summed E-state index contributed by atoms with van der Waals surface area (Å²) in [5.41, 5.74) is 8.19. The molecule has 0 aliphatic heterocycles. The van der Waals surface area contributed by atoms with Gasteiger partial charge in [-0.25, -0.2) is 9.97 Å². The third-order valence-electron chi connectivity index (χ3n) is 2.23. The van der Waals surface area contributed by atoms with Crippen molar-refractivity contribution in [2.75, 3.05) is 11.1 Å². The highest BCUT2D eigenvalue weighted by Crippen LogP contribution is 2.21. The number of nitrogens with two attached hydrogens (primary N) is 1. The summed E-state index contributed by atoms with van der Waals surface area (Å²) in [6, 6.07) is 0. The molecule has 84 valence electrons. The molecule has 0 unspecified atom stereocenters. The largest absolute Gasteiger partial charge is 0.394 e. The van der Waals surface area contributed by atoms with Crippen LogP contribution >= 0.6 is 0 Å². The summed E-state index contributed by atoms with van der Waals surface area (Å²) in [7, 11) is 1.88. The van der Waals surface area contributed by atoms with Crippen molar-refractivity contribution in [2.24, 2.45) is 7.05 Å². The van der Waals surface area contributed by atoms with E-state index in [1.54, 1.807) is 10.9 Å². The fraction of sp³-hybridized carbons (Fsp3) is 0.300. The Hall–Kier alpha value is -2.11. The highest BCUT2D eigenvalue weighted by Gasteiger charge is 2.08. The monoisotopic (exact) mass is 218 g/mol. The predicted molar refractivity (Wildman–Crippen MR) is 62.3 cm³/mol. The van der Waals surface area contributed by atoms with Gasteiger partial charge in [0, 0.05) is 13.2 Å². The Bertz CT molecular complexity index is 490. The highest BCUT2D eigenvalue weighted by molar-refractivity contribution is 5.68. The second-order valence-corrected chi connectivity index (χ2v) is 3.47. The first-order valence-electron chi connectivity index (χ1n) is 5.05. The zero-order valence-electron chi connectivity index (χ0n) is 9.31. The summed E-state index contributed by atoms with van der Waals surface area (Å²) < 4.78 is 1.76. The Morgan fingerprint density at radius 1 is 1.50 bits per heavy atom. The van der Waals surface area contributed by atoms with Gasteiger partial charge in [-0.1, -0.05) is 6.92 Å². The lowest BCUT2D eigenvalue weighted by Crippen LogP contribution is -2.00. The van der Waals surface area contributed by atoms with Gasteiger partial charge >= 0.3 is 0 Å². The van der Waals surface area contributed by atoms with Crippen molar-refractivity contribution < 1.29 is 0 Å². The van der Waals surface area contributed by atoms with E-state index >= 15 is 0 Å². The standard InChI is InChI=1S/C10H14N6/c1-3-8-9(5-16(2)15-8)14-10-7(11)4-12-6-13-10/h4-6H,3,11H2,1-2H3,(H,12,13,14). The summed E-state index contributed by atoms with van der Waals surface area (Å²) in [5, 5.41) is 7.48. The molecule has 0 atom stereocenters. The number of nitrogens with zero attached hydrogens (tertiary/aromatic N) is 4. The van der Waals surface area contributed by atoms with Crippen LogP contribution in [0.3, 0.4) is 0 Å². The maximum atomic E-state index is 5.75. The minimum atomic E-state index is 0.522. The Kier molecular flexibility index (Phi) is 2.72. The lowest BCUT2D eigenvalue weighted by atomic mass is 10.3. The molecule has 0 aromatic carbocycles. The van der Waals surface area contributed by atoms with E-state index in [0.717, 1.165) is 17.8 Å². The fourth-order valence-electron chi connectivity index (χ4n) is 1.47. The molecule has 0 saturated carbocycles. The van der Waals surface area contributed by atoms with E-state index < -0.39 is 0 Å². The van der Waals surface area contributed by atoms with Crippen molar-refractivity contribution in [3.8, 4) is 0 Å². The van der Waals surface area contributed by atoms with E-state index in [-0.39, 0.29) is 0 Å².